The summed E-state index contributed by atoms with van der Waals surface area (Å²) in [7, 11) is 0. The number of halogens is 1. The van der Waals surface area contributed by atoms with Gasteiger partial charge in [-0.1, -0.05) is 25.4 Å². The molecule has 0 bridgehead atoms. The molecule has 1 aromatic heterocycles. The Balaban J connectivity index is 2.27. The Labute approximate surface area is 121 Å². The third-order valence-corrected chi connectivity index (χ3v) is 3.92. The predicted molar refractivity (Wildman–Crippen MR) is 81.0 cm³/mol. The molecule has 1 heterocycles. The fourth-order valence-electron chi connectivity index (χ4n) is 2.33. The van der Waals surface area contributed by atoms with E-state index in [1.807, 2.05) is 6.92 Å². The molecule has 0 aliphatic heterocycles. The summed E-state index contributed by atoms with van der Waals surface area (Å²) < 4.78 is 0. The van der Waals surface area contributed by atoms with Gasteiger partial charge >= 0.3 is 0 Å². The van der Waals surface area contributed by atoms with Gasteiger partial charge in [0.05, 0.1) is 0 Å². The molecule has 0 spiro atoms. The third-order valence-electron chi connectivity index (χ3n) is 3.55. The van der Waals surface area contributed by atoms with E-state index in [0.29, 0.717) is 5.15 Å². The van der Waals surface area contributed by atoms with Crippen molar-refractivity contribution in [3.63, 3.8) is 0 Å². The highest BCUT2D eigenvalue weighted by atomic mass is 35.5. The van der Waals surface area contributed by atoms with E-state index in [4.69, 9.17) is 16.6 Å². The third kappa shape index (κ3) is 3.82. The quantitative estimate of drug-likeness (QED) is 0.707. The molecule has 0 unspecified atom stereocenters. The SMILES string of the molecule is CCCc1nc(Cl)c(C)c(N(CCC)CC2CC2)n1. The zero-order chi connectivity index (χ0) is 13.8. The van der Waals surface area contributed by atoms with E-state index in [1.54, 1.807) is 0 Å². The Bertz CT molecular complexity index is 430. The van der Waals surface area contributed by atoms with Crippen molar-refractivity contribution in [1.29, 1.82) is 0 Å². The van der Waals surface area contributed by atoms with Gasteiger partial charge in [-0.3, -0.25) is 0 Å². The second kappa shape index (κ2) is 6.56. The molecule has 1 aliphatic rings. The molecule has 3 nitrogen and oxygen atoms in total. The Morgan fingerprint density at radius 2 is 1.95 bits per heavy atom. The second-order valence-corrected chi connectivity index (χ2v) is 5.88. The van der Waals surface area contributed by atoms with Crippen LogP contribution >= 0.6 is 11.6 Å². The van der Waals surface area contributed by atoms with Crippen LogP contribution in [0, 0.1) is 12.8 Å². The average Bonchev–Trinajstić information content (AvgIpc) is 3.17. The maximum atomic E-state index is 6.27. The van der Waals surface area contributed by atoms with Gasteiger partial charge in [0.1, 0.15) is 16.8 Å². The van der Waals surface area contributed by atoms with Crippen molar-refractivity contribution in [2.75, 3.05) is 18.0 Å². The van der Waals surface area contributed by atoms with Crippen molar-refractivity contribution in [2.45, 2.75) is 52.9 Å². The Hall–Kier alpha value is -0.830. The van der Waals surface area contributed by atoms with E-state index < -0.39 is 0 Å². The first-order valence-corrected chi connectivity index (χ1v) is 7.81. The topological polar surface area (TPSA) is 29.0 Å². The monoisotopic (exact) mass is 281 g/mol. The summed E-state index contributed by atoms with van der Waals surface area (Å²) in [5, 5.41) is 0.616. The summed E-state index contributed by atoms with van der Waals surface area (Å²) in [5.74, 6) is 2.79. The lowest BCUT2D eigenvalue weighted by Crippen LogP contribution is -2.29. The number of rotatable bonds is 7. The van der Waals surface area contributed by atoms with Crippen LogP contribution in [-0.2, 0) is 6.42 Å². The van der Waals surface area contributed by atoms with Crippen LogP contribution < -0.4 is 4.90 Å². The molecule has 106 valence electrons. The van der Waals surface area contributed by atoms with Crippen LogP contribution in [0.4, 0.5) is 5.82 Å². The molecule has 2 rings (SSSR count). The number of aryl methyl sites for hydroxylation is 1. The summed E-state index contributed by atoms with van der Waals surface area (Å²) in [5.41, 5.74) is 1.02. The Morgan fingerprint density at radius 3 is 2.53 bits per heavy atom. The standard InChI is InChI=1S/C15H24ClN3/c1-4-6-13-17-14(16)11(3)15(18-13)19(9-5-2)10-12-7-8-12/h12H,4-10H2,1-3H3. The number of nitrogens with zero attached hydrogens (tertiary/aromatic N) is 3. The van der Waals surface area contributed by atoms with Crippen LogP contribution in [0.1, 0.15) is 50.9 Å². The number of aromatic nitrogens is 2. The van der Waals surface area contributed by atoms with Gasteiger partial charge in [-0.2, -0.15) is 0 Å². The number of hydrogen-bond acceptors (Lipinski definition) is 3. The predicted octanol–water partition coefficient (Wildman–Crippen LogP) is 4.02. The molecule has 4 heteroatoms. The number of anilines is 1. The van der Waals surface area contributed by atoms with Gasteiger partial charge < -0.3 is 4.90 Å². The van der Waals surface area contributed by atoms with Crippen molar-refractivity contribution >= 4 is 17.4 Å². The molecule has 0 aromatic carbocycles. The van der Waals surface area contributed by atoms with Crippen LogP contribution in [0.15, 0.2) is 0 Å². The molecular weight excluding hydrogens is 258 g/mol. The van der Waals surface area contributed by atoms with Gasteiger partial charge in [0.2, 0.25) is 0 Å². The fraction of sp³-hybridized carbons (Fsp3) is 0.733. The van der Waals surface area contributed by atoms with Crippen LogP contribution in [0.3, 0.4) is 0 Å². The summed E-state index contributed by atoms with van der Waals surface area (Å²) in [6, 6.07) is 0. The first kappa shape index (κ1) is 14.6. The molecule has 0 radical (unpaired) electrons. The van der Waals surface area contributed by atoms with Crippen LogP contribution in [0.25, 0.3) is 0 Å². The van der Waals surface area contributed by atoms with E-state index in [-0.39, 0.29) is 0 Å². The Kier molecular flexibility index (Phi) is 5.03. The molecule has 1 fully saturated rings. The van der Waals surface area contributed by atoms with Gasteiger partial charge in [-0.05, 0) is 38.5 Å². The minimum Gasteiger partial charge on any atom is -0.356 e. The fourth-order valence-corrected chi connectivity index (χ4v) is 2.51. The summed E-state index contributed by atoms with van der Waals surface area (Å²) in [6.45, 7) is 8.56. The second-order valence-electron chi connectivity index (χ2n) is 5.52. The van der Waals surface area contributed by atoms with Crippen molar-refractivity contribution in [3.8, 4) is 0 Å². The zero-order valence-electron chi connectivity index (χ0n) is 12.2. The summed E-state index contributed by atoms with van der Waals surface area (Å²) >= 11 is 6.27. The molecule has 0 N–H and O–H groups in total. The van der Waals surface area contributed by atoms with E-state index in [1.165, 1.54) is 12.8 Å². The van der Waals surface area contributed by atoms with Crippen LogP contribution in [0.5, 0.6) is 0 Å². The molecule has 19 heavy (non-hydrogen) atoms. The highest BCUT2D eigenvalue weighted by Gasteiger charge is 2.26. The van der Waals surface area contributed by atoms with Gasteiger partial charge in [-0.25, -0.2) is 9.97 Å². The lowest BCUT2D eigenvalue weighted by molar-refractivity contribution is 0.689. The Morgan fingerprint density at radius 1 is 1.21 bits per heavy atom. The van der Waals surface area contributed by atoms with Gasteiger partial charge in [0, 0.05) is 25.1 Å². The van der Waals surface area contributed by atoms with E-state index in [9.17, 15) is 0 Å². The summed E-state index contributed by atoms with van der Waals surface area (Å²) in [4.78, 5) is 11.5. The maximum Gasteiger partial charge on any atom is 0.137 e. The average molecular weight is 282 g/mol. The van der Waals surface area contributed by atoms with E-state index in [2.05, 4.69) is 23.7 Å². The van der Waals surface area contributed by atoms with Gasteiger partial charge in [-0.15, -0.1) is 0 Å². The smallest absolute Gasteiger partial charge is 0.137 e. The van der Waals surface area contributed by atoms with Crippen LogP contribution in [0.2, 0.25) is 5.15 Å². The summed E-state index contributed by atoms with van der Waals surface area (Å²) in [6.07, 6.45) is 5.81. The normalized spacial score (nSPS) is 14.7. The molecular formula is C15H24ClN3. The van der Waals surface area contributed by atoms with Crippen molar-refractivity contribution in [2.24, 2.45) is 5.92 Å². The first-order valence-electron chi connectivity index (χ1n) is 7.43. The maximum absolute atomic E-state index is 6.27. The molecule has 1 saturated carbocycles. The lowest BCUT2D eigenvalue weighted by atomic mass is 10.2. The molecule has 0 saturated heterocycles. The largest absolute Gasteiger partial charge is 0.356 e. The van der Waals surface area contributed by atoms with Crippen molar-refractivity contribution < 1.29 is 0 Å². The van der Waals surface area contributed by atoms with E-state index in [0.717, 1.165) is 55.5 Å². The van der Waals surface area contributed by atoms with Gasteiger partial charge in [0.25, 0.3) is 0 Å². The highest BCUT2D eigenvalue weighted by Crippen LogP contribution is 2.32. The molecule has 1 aromatic rings. The highest BCUT2D eigenvalue weighted by molar-refractivity contribution is 6.30. The number of hydrogen-bond donors (Lipinski definition) is 0. The minimum absolute atomic E-state index is 0.616. The van der Waals surface area contributed by atoms with Crippen molar-refractivity contribution in [1.82, 2.24) is 9.97 Å². The van der Waals surface area contributed by atoms with Crippen molar-refractivity contribution in [3.05, 3.63) is 16.5 Å². The minimum atomic E-state index is 0.616. The first-order chi connectivity index (χ1) is 9.15. The molecule has 1 aliphatic carbocycles. The molecule has 0 atom stereocenters. The van der Waals surface area contributed by atoms with Gasteiger partial charge in [0.15, 0.2) is 0 Å². The zero-order valence-corrected chi connectivity index (χ0v) is 13.0. The molecule has 0 amide bonds. The van der Waals surface area contributed by atoms with Crippen LogP contribution in [-0.4, -0.2) is 23.1 Å². The lowest BCUT2D eigenvalue weighted by Gasteiger charge is -2.25. The van der Waals surface area contributed by atoms with E-state index >= 15 is 0 Å².